The van der Waals surface area contributed by atoms with Gasteiger partial charge in [0.15, 0.2) is 0 Å². The summed E-state index contributed by atoms with van der Waals surface area (Å²) in [5.74, 6) is -0.902. The minimum Gasteiger partial charge on any atom is -0.481 e. The maximum Gasteiger partial charge on any atom is 0.307 e. The topological polar surface area (TPSA) is 68.5 Å². The molecule has 0 aliphatic rings. The van der Waals surface area contributed by atoms with Crippen molar-refractivity contribution >= 4 is 17.3 Å². The number of nitrogens with zero attached hydrogens (tertiary/aromatic N) is 1. The van der Waals surface area contributed by atoms with Gasteiger partial charge in [0.2, 0.25) is 0 Å². The van der Waals surface area contributed by atoms with Crippen LogP contribution in [-0.2, 0) is 22.7 Å². The smallest absolute Gasteiger partial charge is 0.307 e. The maximum absolute atomic E-state index is 11.5. The van der Waals surface area contributed by atoms with Crippen LogP contribution in [0.1, 0.15) is 17.0 Å². The minimum absolute atomic E-state index is 0.0378. The number of aliphatic carboxylic acids is 1. The molecule has 15 heavy (non-hydrogen) atoms. The molecule has 0 aliphatic carbocycles. The Kier molecular flexibility index (Phi) is 4.05. The molecule has 0 saturated heterocycles. The van der Waals surface area contributed by atoms with Gasteiger partial charge in [0.25, 0.3) is 0 Å². The predicted molar refractivity (Wildman–Crippen MR) is 56.3 cm³/mol. The zero-order valence-corrected chi connectivity index (χ0v) is 9.47. The average molecular weight is 231 g/mol. The zero-order chi connectivity index (χ0) is 11.4. The molecule has 1 N–H and O–H groups in total. The van der Waals surface area contributed by atoms with Crippen molar-refractivity contribution in [1.82, 2.24) is 4.57 Å². The van der Waals surface area contributed by atoms with Gasteiger partial charge in [-0.05, 0) is 6.92 Å². The summed E-state index contributed by atoms with van der Waals surface area (Å²) in [7, 11) is 1.56. The summed E-state index contributed by atoms with van der Waals surface area (Å²) < 4.78 is 6.42. The Hall–Kier alpha value is -1.14. The summed E-state index contributed by atoms with van der Waals surface area (Å²) in [6, 6.07) is 0. The molecule has 0 bridgehead atoms. The second-order valence-corrected chi connectivity index (χ2v) is 4.15. The number of hydrogen-bond acceptors (Lipinski definition) is 4. The molecule has 84 valence electrons. The molecule has 1 aromatic heterocycles. The fraction of sp³-hybridized carbons (Fsp3) is 0.556. The van der Waals surface area contributed by atoms with Gasteiger partial charge in [-0.25, -0.2) is 0 Å². The lowest BCUT2D eigenvalue weighted by atomic mass is 10.3. The highest BCUT2D eigenvalue weighted by Crippen LogP contribution is 2.12. The Morgan fingerprint density at radius 2 is 2.27 bits per heavy atom. The van der Waals surface area contributed by atoms with Crippen LogP contribution < -0.4 is 4.87 Å². The number of methoxy groups -OCH3 is 1. The molecule has 0 atom stereocenters. The van der Waals surface area contributed by atoms with Gasteiger partial charge in [-0.15, -0.1) is 0 Å². The molecular weight excluding hydrogens is 218 g/mol. The molecule has 1 aromatic rings. The summed E-state index contributed by atoms with van der Waals surface area (Å²) in [6.45, 7) is 2.42. The van der Waals surface area contributed by atoms with Crippen molar-refractivity contribution in [3.05, 3.63) is 20.2 Å². The van der Waals surface area contributed by atoms with Gasteiger partial charge >= 0.3 is 10.8 Å². The van der Waals surface area contributed by atoms with E-state index < -0.39 is 5.97 Å². The lowest BCUT2D eigenvalue weighted by Gasteiger charge is -2.02. The lowest BCUT2D eigenvalue weighted by Crippen LogP contribution is -2.16. The summed E-state index contributed by atoms with van der Waals surface area (Å²) in [5, 5.41) is 8.53. The highest BCUT2D eigenvalue weighted by atomic mass is 32.1. The average Bonchev–Trinajstić information content (AvgIpc) is 2.40. The van der Waals surface area contributed by atoms with Gasteiger partial charge in [-0.3, -0.25) is 9.59 Å². The number of hydrogen-bond donors (Lipinski definition) is 1. The SMILES string of the molecule is COCc1sc(=O)n(CCC(=O)O)c1C. The second kappa shape index (κ2) is 5.09. The lowest BCUT2D eigenvalue weighted by molar-refractivity contribution is -0.137. The van der Waals surface area contributed by atoms with Crippen molar-refractivity contribution in [2.45, 2.75) is 26.5 Å². The molecule has 0 radical (unpaired) electrons. The number of carboxylic acid groups (broad SMARTS) is 1. The van der Waals surface area contributed by atoms with Gasteiger partial charge in [0, 0.05) is 19.3 Å². The highest BCUT2D eigenvalue weighted by Gasteiger charge is 2.11. The molecule has 0 saturated carbocycles. The summed E-state index contributed by atoms with van der Waals surface area (Å²) >= 11 is 1.11. The standard InChI is InChI=1S/C9H13NO4S/c1-6-7(5-14-2)15-9(13)10(6)4-3-8(11)12/h3-5H2,1-2H3,(H,11,12). The monoisotopic (exact) mass is 231 g/mol. The Bertz CT molecular complexity index is 407. The van der Waals surface area contributed by atoms with Crippen LogP contribution in [0.25, 0.3) is 0 Å². The van der Waals surface area contributed by atoms with Crippen LogP contribution >= 0.6 is 11.3 Å². The predicted octanol–water partition coefficient (Wildman–Crippen LogP) is 0.839. The number of aromatic nitrogens is 1. The van der Waals surface area contributed by atoms with Crippen LogP contribution in [0.3, 0.4) is 0 Å². The third-order valence-electron chi connectivity index (χ3n) is 2.06. The third-order valence-corrected chi connectivity index (χ3v) is 3.12. The van der Waals surface area contributed by atoms with Crippen molar-refractivity contribution < 1.29 is 14.6 Å². The third kappa shape index (κ3) is 2.90. The molecular formula is C9H13NO4S. The molecule has 1 heterocycles. The largest absolute Gasteiger partial charge is 0.481 e. The van der Waals surface area contributed by atoms with Crippen LogP contribution in [0.15, 0.2) is 4.79 Å². The van der Waals surface area contributed by atoms with E-state index in [1.807, 2.05) is 0 Å². The van der Waals surface area contributed by atoms with Crippen LogP contribution in [0.4, 0.5) is 0 Å². The molecule has 5 nitrogen and oxygen atoms in total. The van der Waals surface area contributed by atoms with E-state index in [1.54, 1.807) is 14.0 Å². The normalized spacial score (nSPS) is 10.5. The summed E-state index contributed by atoms with van der Waals surface area (Å²) in [6.07, 6.45) is -0.0378. The van der Waals surface area contributed by atoms with Gasteiger partial charge in [0.1, 0.15) is 0 Å². The van der Waals surface area contributed by atoms with Gasteiger partial charge in [0.05, 0.1) is 17.9 Å². The molecule has 1 rings (SSSR count). The van der Waals surface area contributed by atoms with E-state index in [2.05, 4.69) is 0 Å². The number of rotatable bonds is 5. The Balaban J connectivity index is 2.87. The van der Waals surface area contributed by atoms with Crippen LogP contribution in [0.2, 0.25) is 0 Å². The van der Waals surface area contributed by atoms with Crippen LogP contribution in [0.5, 0.6) is 0 Å². The zero-order valence-electron chi connectivity index (χ0n) is 8.65. The van der Waals surface area contributed by atoms with Crippen molar-refractivity contribution in [3.8, 4) is 0 Å². The first-order valence-electron chi connectivity index (χ1n) is 4.46. The van der Waals surface area contributed by atoms with E-state index in [1.165, 1.54) is 4.57 Å². The van der Waals surface area contributed by atoms with Crippen molar-refractivity contribution in [3.63, 3.8) is 0 Å². The van der Waals surface area contributed by atoms with Crippen molar-refractivity contribution in [1.29, 1.82) is 0 Å². The first-order valence-corrected chi connectivity index (χ1v) is 5.27. The van der Waals surface area contributed by atoms with Crippen molar-refractivity contribution in [2.24, 2.45) is 0 Å². The number of thiazole rings is 1. The highest BCUT2D eigenvalue weighted by molar-refractivity contribution is 7.09. The first kappa shape index (κ1) is 11.9. The molecule has 0 spiro atoms. The van der Waals surface area contributed by atoms with Crippen LogP contribution in [-0.4, -0.2) is 22.8 Å². The minimum atomic E-state index is -0.902. The Labute approximate surface area is 90.9 Å². The van der Waals surface area contributed by atoms with Crippen molar-refractivity contribution in [2.75, 3.05) is 7.11 Å². The fourth-order valence-electron chi connectivity index (χ4n) is 1.25. The molecule has 0 amide bonds. The number of ether oxygens (including phenoxy) is 1. The fourth-order valence-corrected chi connectivity index (χ4v) is 2.24. The number of carbonyl (C=O) groups is 1. The van der Waals surface area contributed by atoms with E-state index in [0.717, 1.165) is 21.9 Å². The molecule has 6 heteroatoms. The number of carboxylic acids is 1. The molecule has 0 fully saturated rings. The molecule has 0 aliphatic heterocycles. The Morgan fingerprint density at radius 3 is 2.80 bits per heavy atom. The van der Waals surface area contributed by atoms with E-state index in [9.17, 15) is 9.59 Å². The van der Waals surface area contributed by atoms with Crippen LogP contribution in [0, 0.1) is 6.92 Å². The van der Waals surface area contributed by atoms with E-state index in [0.29, 0.717) is 6.61 Å². The summed E-state index contributed by atoms with van der Waals surface area (Å²) in [5.41, 5.74) is 0.799. The van der Waals surface area contributed by atoms with Gasteiger partial charge in [-0.1, -0.05) is 11.3 Å². The quantitative estimate of drug-likeness (QED) is 0.815. The van der Waals surface area contributed by atoms with E-state index >= 15 is 0 Å². The molecule has 0 aromatic carbocycles. The van der Waals surface area contributed by atoms with E-state index in [4.69, 9.17) is 9.84 Å². The van der Waals surface area contributed by atoms with Gasteiger partial charge < -0.3 is 14.4 Å². The Morgan fingerprint density at radius 1 is 1.60 bits per heavy atom. The molecule has 0 unspecified atom stereocenters. The van der Waals surface area contributed by atoms with E-state index in [-0.39, 0.29) is 17.8 Å². The van der Waals surface area contributed by atoms with Gasteiger partial charge in [-0.2, -0.15) is 0 Å². The first-order chi connectivity index (χ1) is 7.06. The maximum atomic E-state index is 11.5. The second-order valence-electron chi connectivity index (χ2n) is 3.10. The summed E-state index contributed by atoms with van der Waals surface area (Å²) in [4.78, 5) is 22.6.